The summed E-state index contributed by atoms with van der Waals surface area (Å²) in [7, 11) is 0. The lowest BCUT2D eigenvalue weighted by atomic mass is 10.2. The van der Waals surface area contributed by atoms with E-state index in [1.165, 1.54) is 0 Å². The summed E-state index contributed by atoms with van der Waals surface area (Å²) in [4.78, 5) is 22.2. The van der Waals surface area contributed by atoms with Gasteiger partial charge in [-0.2, -0.15) is 0 Å². The zero-order chi connectivity index (χ0) is 16.2. The number of hydrogen-bond acceptors (Lipinski definition) is 5. The van der Waals surface area contributed by atoms with Crippen LogP contribution in [0.5, 0.6) is 0 Å². The Bertz CT molecular complexity index is 874. The van der Waals surface area contributed by atoms with E-state index < -0.39 is 0 Å². The number of rotatable bonds is 6. The highest BCUT2D eigenvalue weighted by atomic mass is 35.5. The molecule has 0 aliphatic heterocycles. The van der Waals surface area contributed by atoms with Crippen molar-refractivity contribution in [3.8, 4) is 0 Å². The molecule has 3 aromatic rings. The van der Waals surface area contributed by atoms with Gasteiger partial charge in [0.1, 0.15) is 0 Å². The van der Waals surface area contributed by atoms with Crippen molar-refractivity contribution in [2.45, 2.75) is 26.3 Å². The molecule has 2 heterocycles. The van der Waals surface area contributed by atoms with E-state index in [2.05, 4.69) is 22.2 Å². The van der Waals surface area contributed by atoms with Gasteiger partial charge in [0.25, 0.3) is 5.56 Å². The number of unbranched alkanes of at least 4 members (excludes halogenated alkanes) is 1. The predicted molar refractivity (Wildman–Crippen MR) is 95.6 cm³/mol. The molecular formula is C16H17ClN4OS. The van der Waals surface area contributed by atoms with Gasteiger partial charge in [0, 0.05) is 22.6 Å². The minimum absolute atomic E-state index is 0.0913. The van der Waals surface area contributed by atoms with Crippen molar-refractivity contribution in [2.75, 3.05) is 11.9 Å². The molecule has 3 rings (SSSR count). The topological polar surface area (TPSA) is 59.8 Å². The van der Waals surface area contributed by atoms with E-state index >= 15 is 0 Å². The average molecular weight is 349 g/mol. The van der Waals surface area contributed by atoms with E-state index in [0.717, 1.165) is 29.4 Å². The van der Waals surface area contributed by atoms with Crippen LogP contribution in [0, 0.1) is 0 Å². The smallest absolute Gasteiger partial charge is 0.261 e. The van der Waals surface area contributed by atoms with Crippen LogP contribution in [-0.2, 0) is 6.54 Å². The molecule has 0 aliphatic rings. The first-order valence-electron chi connectivity index (χ1n) is 7.50. The third kappa shape index (κ3) is 3.71. The van der Waals surface area contributed by atoms with Crippen LogP contribution >= 0.6 is 22.9 Å². The maximum atomic E-state index is 12.5. The molecule has 0 spiro atoms. The second-order valence-corrected chi connectivity index (χ2v) is 6.80. The maximum absolute atomic E-state index is 12.5. The fourth-order valence-electron chi connectivity index (χ4n) is 2.25. The summed E-state index contributed by atoms with van der Waals surface area (Å²) in [6.45, 7) is 3.53. The second kappa shape index (κ2) is 7.10. The number of benzene rings is 1. The predicted octanol–water partition coefficient (Wildman–Crippen LogP) is 3.77. The Morgan fingerprint density at radius 2 is 2.22 bits per heavy atom. The quantitative estimate of drug-likeness (QED) is 0.689. The van der Waals surface area contributed by atoms with E-state index in [1.54, 1.807) is 46.6 Å². The Labute approximate surface area is 143 Å². The molecule has 0 saturated heterocycles. The summed E-state index contributed by atoms with van der Waals surface area (Å²) in [6.07, 6.45) is 5.63. The molecule has 7 heteroatoms. The fraction of sp³-hybridized carbons (Fsp3) is 0.312. The zero-order valence-corrected chi connectivity index (χ0v) is 14.3. The molecule has 2 aromatic heterocycles. The first kappa shape index (κ1) is 16.0. The van der Waals surface area contributed by atoms with Crippen molar-refractivity contribution < 1.29 is 0 Å². The molecule has 0 radical (unpaired) electrons. The third-order valence-corrected chi connectivity index (χ3v) is 4.65. The molecule has 0 amide bonds. The van der Waals surface area contributed by atoms with Crippen molar-refractivity contribution in [1.82, 2.24) is 14.5 Å². The van der Waals surface area contributed by atoms with Gasteiger partial charge < -0.3 is 5.32 Å². The molecule has 0 atom stereocenters. The number of nitrogens with zero attached hydrogens (tertiary/aromatic N) is 3. The minimum Gasteiger partial charge on any atom is -0.362 e. The Balaban J connectivity index is 1.81. The number of thiazole rings is 1. The molecule has 0 saturated carbocycles. The van der Waals surface area contributed by atoms with Gasteiger partial charge in [-0.05, 0) is 24.6 Å². The van der Waals surface area contributed by atoms with Crippen LogP contribution in [0.2, 0.25) is 5.02 Å². The number of halogens is 1. The zero-order valence-electron chi connectivity index (χ0n) is 12.8. The summed E-state index contributed by atoms with van der Waals surface area (Å²) in [6, 6.07) is 5.15. The molecular weight excluding hydrogens is 332 g/mol. The highest BCUT2D eigenvalue weighted by Crippen LogP contribution is 2.19. The molecule has 1 aromatic carbocycles. The minimum atomic E-state index is -0.0913. The largest absolute Gasteiger partial charge is 0.362 e. The molecule has 0 unspecified atom stereocenters. The molecule has 23 heavy (non-hydrogen) atoms. The van der Waals surface area contributed by atoms with Gasteiger partial charge in [-0.3, -0.25) is 9.36 Å². The van der Waals surface area contributed by atoms with Crippen molar-refractivity contribution in [3.05, 3.63) is 51.0 Å². The number of anilines is 1. The summed E-state index contributed by atoms with van der Waals surface area (Å²) in [5.74, 6) is 0. The summed E-state index contributed by atoms with van der Waals surface area (Å²) >= 11 is 7.53. The average Bonchev–Trinajstić information content (AvgIpc) is 2.98. The lowest BCUT2D eigenvalue weighted by Crippen LogP contribution is -2.20. The van der Waals surface area contributed by atoms with Crippen LogP contribution in [0.3, 0.4) is 0 Å². The summed E-state index contributed by atoms with van der Waals surface area (Å²) in [5.41, 5.74) is 0.563. The van der Waals surface area contributed by atoms with Gasteiger partial charge >= 0.3 is 0 Å². The standard InChI is InChI=1S/C16H17ClN4OS/c1-2-3-6-18-16-19-8-12(23-16)9-21-10-20-14-5-4-11(17)7-13(14)15(21)22/h4-5,7-8,10H,2-3,6,9H2,1H3,(H,18,19). The molecule has 5 nitrogen and oxygen atoms in total. The SMILES string of the molecule is CCCCNc1ncc(Cn2cnc3ccc(Cl)cc3c2=O)s1. The van der Waals surface area contributed by atoms with Crippen LogP contribution in [0.4, 0.5) is 5.13 Å². The van der Waals surface area contributed by atoms with Crippen molar-refractivity contribution >= 4 is 39.0 Å². The summed E-state index contributed by atoms with van der Waals surface area (Å²) < 4.78 is 1.59. The Morgan fingerprint density at radius 3 is 3.04 bits per heavy atom. The first-order chi connectivity index (χ1) is 11.2. The molecule has 0 bridgehead atoms. The normalized spacial score (nSPS) is 11.0. The van der Waals surface area contributed by atoms with Crippen LogP contribution < -0.4 is 10.9 Å². The van der Waals surface area contributed by atoms with Crippen LogP contribution in [0.25, 0.3) is 10.9 Å². The van der Waals surface area contributed by atoms with Crippen molar-refractivity contribution in [2.24, 2.45) is 0 Å². The number of hydrogen-bond donors (Lipinski definition) is 1. The number of fused-ring (bicyclic) bond motifs is 1. The highest BCUT2D eigenvalue weighted by Gasteiger charge is 2.07. The lowest BCUT2D eigenvalue weighted by Gasteiger charge is -2.05. The molecule has 120 valence electrons. The van der Waals surface area contributed by atoms with Crippen molar-refractivity contribution in [3.63, 3.8) is 0 Å². The number of aromatic nitrogens is 3. The van der Waals surface area contributed by atoms with Gasteiger partial charge in [0.2, 0.25) is 0 Å². The van der Waals surface area contributed by atoms with Crippen LogP contribution in [-0.4, -0.2) is 21.1 Å². The van der Waals surface area contributed by atoms with Crippen LogP contribution in [0.15, 0.2) is 35.5 Å². The Kier molecular flexibility index (Phi) is 4.93. The molecule has 0 aliphatic carbocycles. The Morgan fingerprint density at radius 1 is 1.35 bits per heavy atom. The van der Waals surface area contributed by atoms with Crippen LogP contribution in [0.1, 0.15) is 24.6 Å². The third-order valence-electron chi connectivity index (χ3n) is 3.47. The lowest BCUT2D eigenvalue weighted by molar-refractivity contribution is 0.757. The highest BCUT2D eigenvalue weighted by molar-refractivity contribution is 7.15. The first-order valence-corrected chi connectivity index (χ1v) is 8.70. The van der Waals surface area contributed by atoms with Gasteiger partial charge in [0.05, 0.1) is 23.8 Å². The van der Waals surface area contributed by atoms with E-state index in [-0.39, 0.29) is 5.56 Å². The maximum Gasteiger partial charge on any atom is 0.261 e. The second-order valence-electron chi connectivity index (χ2n) is 5.25. The van der Waals surface area contributed by atoms with Gasteiger partial charge in [-0.15, -0.1) is 11.3 Å². The van der Waals surface area contributed by atoms with E-state index in [1.807, 2.05) is 0 Å². The van der Waals surface area contributed by atoms with Crippen molar-refractivity contribution in [1.29, 1.82) is 0 Å². The fourth-order valence-corrected chi connectivity index (χ4v) is 3.26. The van der Waals surface area contributed by atoms with E-state index in [0.29, 0.717) is 22.5 Å². The summed E-state index contributed by atoms with van der Waals surface area (Å²) in [5, 5.41) is 5.25. The molecule has 0 fully saturated rings. The van der Waals surface area contributed by atoms with Gasteiger partial charge in [-0.25, -0.2) is 9.97 Å². The number of nitrogens with one attached hydrogen (secondary N) is 1. The van der Waals surface area contributed by atoms with Gasteiger partial charge in [-0.1, -0.05) is 24.9 Å². The van der Waals surface area contributed by atoms with E-state index in [4.69, 9.17) is 11.6 Å². The Hall–Kier alpha value is -1.92. The van der Waals surface area contributed by atoms with Gasteiger partial charge in [0.15, 0.2) is 5.13 Å². The molecule has 1 N–H and O–H groups in total. The van der Waals surface area contributed by atoms with E-state index in [9.17, 15) is 4.79 Å². The monoisotopic (exact) mass is 348 g/mol.